The maximum atomic E-state index is 13.0. The molecule has 24 heavy (non-hydrogen) atoms. The van der Waals surface area contributed by atoms with E-state index >= 15 is 0 Å². The molecule has 3 nitrogen and oxygen atoms in total. The minimum absolute atomic E-state index is 0.341. The number of quaternary nitrogens is 1. The molecule has 0 unspecified atom stereocenters. The zero-order chi connectivity index (χ0) is 16.6. The van der Waals surface area contributed by atoms with Crippen molar-refractivity contribution in [2.24, 2.45) is 0 Å². The molecule has 0 aliphatic heterocycles. The molecule has 118 valence electrons. The third kappa shape index (κ3) is 2.56. The Balaban J connectivity index is 1.86. The molecule has 0 radical (unpaired) electrons. The number of primary sulfonamides is 1. The summed E-state index contributed by atoms with van der Waals surface area (Å²) < 4.78 is 27.4. The molecule has 0 spiro atoms. The van der Waals surface area contributed by atoms with Crippen molar-refractivity contribution in [3.63, 3.8) is 0 Å². The first-order valence-electron chi connectivity index (χ1n) is 7.70. The second-order valence-corrected chi connectivity index (χ2v) is 7.47. The summed E-state index contributed by atoms with van der Waals surface area (Å²) in [4.78, 5) is 0.341. The minimum atomic E-state index is -3.56. The predicted octanol–water partition coefficient (Wildman–Crippen LogP) is 3.58. The SMILES string of the molecule is O=S(=O)([NH2+]c1cccc2ccccc12)c1cccc2ccccc12. The monoisotopic (exact) mass is 334 g/mol. The maximum absolute atomic E-state index is 13.0. The largest absolute Gasteiger partial charge is 0.329 e. The highest BCUT2D eigenvalue weighted by molar-refractivity contribution is 7.85. The normalized spacial score (nSPS) is 11.8. The molecule has 4 rings (SSSR count). The number of rotatable bonds is 3. The van der Waals surface area contributed by atoms with E-state index in [9.17, 15) is 8.42 Å². The van der Waals surface area contributed by atoms with Gasteiger partial charge >= 0.3 is 10.0 Å². The van der Waals surface area contributed by atoms with Crippen LogP contribution in [0, 0.1) is 0 Å². The molecular weight excluding hydrogens is 318 g/mol. The summed E-state index contributed by atoms with van der Waals surface area (Å²) >= 11 is 0. The zero-order valence-electron chi connectivity index (χ0n) is 12.9. The average Bonchev–Trinajstić information content (AvgIpc) is 2.61. The first kappa shape index (κ1) is 14.9. The average molecular weight is 334 g/mol. The molecule has 0 fully saturated rings. The molecule has 0 aromatic heterocycles. The highest BCUT2D eigenvalue weighted by atomic mass is 32.2. The van der Waals surface area contributed by atoms with Crippen LogP contribution < -0.4 is 4.72 Å². The van der Waals surface area contributed by atoms with Gasteiger partial charge in [-0.15, -0.1) is 0 Å². The van der Waals surface area contributed by atoms with Crippen LogP contribution in [0.2, 0.25) is 0 Å². The van der Waals surface area contributed by atoms with Crippen LogP contribution in [0.5, 0.6) is 0 Å². The van der Waals surface area contributed by atoms with Crippen LogP contribution in [-0.4, -0.2) is 8.42 Å². The summed E-state index contributed by atoms with van der Waals surface area (Å²) in [5.74, 6) is 0. The van der Waals surface area contributed by atoms with E-state index in [2.05, 4.69) is 0 Å². The van der Waals surface area contributed by atoms with Crippen LogP contribution in [0.1, 0.15) is 0 Å². The van der Waals surface area contributed by atoms with E-state index in [1.165, 1.54) is 4.72 Å². The molecule has 0 amide bonds. The first-order valence-corrected chi connectivity index (χ1v) is 9.25. The van der Waals surface area contributed by atoms with E-state index in [4.69, 9.17) is 0 Å². The molecular formula is C20H16NO2S+. The molecule has 0 atom stereocenters. The van der Waals surface area contributed by atoms with Crippen LogP contribution in [0.4, 0.5) is 5.69 Å². The van der Waals surface area contributed by atoms with Crippen LogP contribution in [0.3, 0.4) is 0 Å². The lowest BCUT2D eigenvalue weighted by molar-refractivity contribution is -0.395. The fourth-order valence-corrected chi connectivity index (χ4v) is 4.46. The van der Waals surface area contributed by atoms with Crippen molar-refractivity contribution in [2.45, 2.75) is 4.90 Å². The number of benzene rings is 4. The van der Waals surface area contributed by atoms with E-state index in [1.54, 1.807) is 12.1 Å². The van der Waals surface area contributed by atoms with Gasteiger partial charge in [0.1, 0.15) is 4.90 Å². The Kier molecular flexibility index (Phi) is 3.56. The molecule has 2 N–H and O–H groups in total. The third-order valence-corrected chi connectivity index (χ3v) is 5.69. The molecule has 0 bridgehead atoms. The molecule has 0 aliphatic carbocycles. The van der Waals surface area contributed by atoms with Crippen LogP contribution in [-0.2, 0) is 10.0 Å². The lowest BCUT2D eigenvalue weighted by Crippen LogP contribution is -2.81. The lowest BCUT2D eigenvalue weighted by atomic mass is 10.1. The van der Waals surface area contributed by atoms with Gasteiger partial charge < -0.3 is 0 Å². The van der Waals surface area contributed by atoms with Gasteiger partial charge in [-0.25, -0.2) is 4.72 Å². The van der Waals surface area contributed by atoms with E-state index in [0.717, 1.165) is 21.5 Å². The molecule has 4 heteroatoms. The predicted molar refractivity (Wildman–Crippen MR) is 96.7 cm³/mol. The van der Waals surface area contributed by atoms with Crippen LogP contribution in [0.15, 0.2) is 89.8 Å². The van der Waals surface area contributed by atoms with Crippen LogP contribution >= 0.6 is 0 Å². The highest BCUT2D eigenvalue weighted by Crippen LogP contribution is 2.23. The van der Waals surface area contributed by atoms with Crippen molar-refractivity contribution >= 4 is 37.3 Å². The van der Waals surface area contributed by atoms with E-state index in [-0.39, 0.29) is 0 Å². The van der Waals surface area contributed by atoms with Gasteiger partial charge in [0.05, 0.1) is 0 Å². The summed E-state index contributed by atoms with van der Waals surface area (Å²) in [5, 5.41) is 3.63. The van der Waals surface area contributed by atoms with Crippen molar-refractivity contribution in [3.8, 4) is 0 Å². The Morgan fingerprint density at radius 2 is 1.12 bits per heavy atom. The van der Waals surface area contributed by atoms with Crippen molar-refractivity contribution in [1.29, 1.82) is 0 Å². The van der Waals surface area contributed by atoms with E-state index in [1.807, 2.05) is 72.8 Å². The molecule has 4 aromatic carbocycles. The lowest BCUT2D eigenvalue weighted by Gasteiger charge is -2.08. The Bertz CT molecular complexity index is 1140. The van der Waals surface area contributed by atoms with Gasteiger partial charge in [-0.3, -0.25) is 0 Å². The first-order chi connectivity index (χ1) is 11.6. The van der Waals surface area contributed by atoms with Crippen molar-refractivity contribution in [3.05, 3.63) is 84.9 Å². The number of sulfonamides is 1. The highest BCUT2D eigenvalue weighted by Gasteiger charge is 2.22. The summed E-state index contributed by atoms with van der Waals surface area (Å²) in [5.41, 5.74) is 0.709. The maximum Gasteiger partial charge on any atom is 0.329 e. The van der Waals surface area contributed by atoms with Crippen molar-refractivity contribution in [2.75, 3.05) is 0 Å². The topological polar surface area (TPSA) is 50.8 Å². The van der Waals surface area contributed by atoms with Crippen molar-refractivity contribution < 1.29 is 13.1 Å². The number of fused-ring (bicyclic) bond motifs is 2. The van der Waals surface area contributed by atoms with Gasteiger partial charge in [0, 0.05) is 16.8 Å². The zero-order valence-corrected chi connectivity index (χ0v) is 13.7. The standard InChI is InChI=1S/C20H15NO2S/c22-24(23,20-14-6-10-16-8-2-4-12-18(16)20)21-19-13-5-9-15-7-1-3-11-17(15)19/h1-14,21H/p+1. The Labute approximate surface area is 140 Å². The summed E-state index contributed by atoms with van der Waals surface area (Å²) in [6.45, 7) is 0. The molecule has 0 heterocycles. The smallest absolute Gasteiger partial charge is 0.204 e. The Morgan fingerprint density at radius 1 is 0.583 bits per heavy atom. The van der Waals surface area contributed by atoms with Gasteiger partial charge in [-0.2, -0.15) is 8.42 Å². The fraction of sp³-hybridized carbons (Fsp3) is 0. The molecule has 0 saturated carbocycles. The number of nitrogens with two attached hydrogens (primary N) is 1. The molecule has 4 aromatic rings. The van der Waals surface area contributed by atoms with Crippen molar-refractivity contribution in [1.82, 2.24) is 0 Å². The van der Waals surface area contributed by atoms with Gasteiger partial charge in [0.15, 0.2) is 5.69 Å². The second kappa shape index (κ2) is 5.74. The summed E-state index contributed by atoms with van der Waals surface area (Å²) in [6.07, 6.45) is 0. The minimum Gasteiger partial charge on any atom is -0.204 e. The number of hydrogen-bond donors (Lipinski definition) is 1. The number of hydrogen-bond acceptors (Lipinski definition) is 2. The van der Waals surface area contributed by atoms with Gasteiger partial charge in [0.2, 0.25) is 0 Å². The third-order valence-electron chi connectivity index (χ3n) is 4.16. The van der Waals surface area contributed by atoms with Gasteiger partial charge in [-0.1, -0.05) is 66.7 Å². The Morgan fingerprint density at radius 3 is 1.88 bits per heavy atom. The van der Waals surface area contributed by atoms with Gasteiger partial charge in [0.25, 0.3) is 0 Å². The van der Waals surface area contributed by atoms with E-state index in [0.29, 0.717) is 10.6 Å². The van der Waals surface area contributed by atoms with Crippen LogP contribution in [0.25, 0.3) is 21.5 Å². The Hall–Kier alpha value is -2.69. The van der Waals surface area contributed by atoms with E-state index < -0.39 is 10.0 Å². The molecule has 0 aliphatic rings. The second-order valence-electron chi connectivity index (χ2n) is 5.71. The summed E-state index contributed by atoms with van der Waals surface area (Å²) in [7, 11) is -3.56. The summed E-state index contributed by atoms with van der Waals surface area (Å²) in [6, 6.07) is 26.4. The van der Waals surface area contributed by atoms with Gasteiger partial charge in [-0.05, 0) is 22.9 Å². The quantitative estimate of drug-likeness (QED) is 0.582. The fourth-order valence-electron chi connectivity index (χ4n) is 3.03. The molecule has 0 saturated heterocycles.